The number of thiazole rings is 1. The van der Waals surface area contributed by atoms with Gasteiger partial charge in [0.05, 0.1) is 11.6 Å². The van der Waals surface area contributed by atoms with Crippen molar-refractivity contribution < 1.29 is 9.59 Å². The van der Waals surface area contributed by atoms with Gasteiger partial charge in [0.1, 0.15) is 0 Å². The zero-order valence-electron chi connectivity index (χ0n) is 15.7. The third-order valence-electron chi connectivity index (χ3n) is 5.65. The fraction of sp³-hybridized carbons (Fsp3) is 0.476. The molecule has 2 aromatic rings. The maximum absolute atomic E-state index is 12.7. The Bertz CT molecular complexity index is 859. The first-order valence-corrected chi connectivity index (χ1v) is 11.1. The summed E-state index contributed by atoms with van der Waals surface area (Å²) in [5.41, 5.74) is 1.36. The number of fused-ring (bicyclic) bond motifs is 1. The number of benzene rings is 1. The largest absolute Gasteiger partial charge is 0.355 e. The molecule has 1 saturated carbocycles. The number of aryl methyl sites for hydroxylation is 1. The van der Waals surface area contributed by atoms with Crippen LogP contribution in [0.5, 0.6) is 0 Å². The van der Waals surface area contributed by atoms with Crippen molar-refractivity contribution in [2.45, 2.75) is 50.9 Å². The predicted octanol–water partition coefficient (Wildman–Crippen LogP) is 4.78. The molecule has 1 unspecified atom stereocenters. The van der Waals surface area contributed by atoms with Gasteiger partial charge in [-0.05, 0) is 55.9 Å². The molecule has 0 spiro atoms. The van der Waals surface area contributed by atoms with Crippen molar-refractivity contribution in [3.05, 3.63) is 45.4 Å². The SMILES string of the molecule is O=C(Nc1nc2c(s1)CCC2C(=O)NCC1CCCCC1)c1ccc(Cl)cc1. The summed E-state index contributed by atoms with van der Waals surface area (Å²) in [6.07, 6.45) is 7.94. The molecule has 1 heterocycles. The Labute approximate surface area is 173 Å². The lowest BCUT2D eigenvalue weighted by atomic mass is 9.89. The van der Waals surface area contributed by atoms with Gasteiger partial charge in [-0.15, -0.1) is 11.3 Å². The number of rotatable bonds is 5. The minimum atomic E-state index is -0.220. The third kappa shape index (κ3) is 4.39. The number of nitrogens with one attached hydrogen (secondary N) is 2. The van der Waals surface area contributed by atoms with Gasteiger partial charge in [-0.3, -0.25) is 14.9 Å². The summed E-state index contributed by atoms with van der Waals surface area (Å²) in [5.74, 6) is 0.270. The molecule has 1 fully saturated rings. The average Bonchev–Trinajstić information content (AvgIpc) is 3.27. The van der Waals surface area contributed by atoms with Crippen LogP contribution < -0.4 is 10.6 Å². The average molecular weight is 418 g/mol. The Kier molecular flexibility index (Phi) is 5.97. The van der Waals surface area contributed by atoms with E-state index in [1.807, 2.05) is 0 Å². The number of carbonyl (C=O) groups is 2. The highest BCUT2D eigenvalue weighted by Gasteiger charge is 2.33. The fourth-order valence-corrected chi connectivity index (χ4v) is 5.23. The maximum atomic E-state index is 12.7. The summed E-state index contributed by atoms with van der Waals surface area (Å²) in [5, 5.41) is 7.13. The number of hydrogen-bond donors (Lipinski definition) is 2. The lowest BCUT2D eigenvalue weighted by Gasteiger charge is -2.22. The second-order valence-electron chi connectivity index (χ2n) is 7.63. The van der Waals surface area contributed by atoms with Gasteiger partial charge in [-0.2, -0.15) is 0 Å². The second-order valence-corrected chi connectivity index (χ2v) is 9.15. The number of carbonyl (C=O) groups excluding carboxylic acids is 2. The molecule has 1 aromatic heterocycles. The van der Waals surface area contributed by atoms with Crippen molar-refractivity contribution >= 4 is 39.9 Å². The zero-order chi connectivity index (χ0) is 19.5. The number of nitrogens with zero attached hydrogens (tertiary/aromatic N) is 1. The van der Waals surface area contributed by atoms with Gasteiger partial charge in [-0.1, -0.05) is 30.9 Å². The molecule has 7 heteroatoms. The molecule has 5 nitrogen and oxygen atoms in total. The molecule has 2 N–H and O–H groups in total. The van der Waals surface area contributed by atoms with Gasteiger partial charge in [0, 0.05) is 22.0 Å². The predicted molar refractivity (Wildman–Crippen MR) is 112 cm³/mol. The minimum Gasteiger partial charge on any atom is -0.355 e. The molecule has 28 heavy (non-hydrogen) atoms. The maximum Gasteiger partial charge on any atom is 0.257 e. The topological polar surface area (TPSA) is 71.1 Å². The minimum absolute atomic E-state index is 0.0743. The van der Waals surface area contributed by atoms with Crippen molar-refractivity contribution in [3.8, 4) is 0 Å². The van der Waals surface area contributed by atoms with Crippen LogP contribution in [0.4, 0.5) is 5.13 Å². The summed E-state index contributed by atoms with van der Waals surface area (Å²) in [4.78, 5) is 30.7. The lowest BCUT2D eigenvalue weighted by Crippen LogP contribution is -2.33. The van der Waals surface area contributed by atoms with E-state index in [1.54, 1.807) is 24.3 Å². The highest BCUT2D eigenvalue weighted by atomic mass is 35.5. The van der Waals surface area contributed by atoms with Crippen LogP contribution in [0, 0.1) is 5.92 Å². The number of halogens is 1. The van der Waals surface area contributed by atoms with Crippen LogP contribution in [0.1, 0.15) is 65.4 Å². The number of amides is 2. The van der Waals surface area contributed by atoms with Gasteiger partial charge >= 0.3 is 0 Å². The summed E-state index contributed by atoms with van der Waals surface area (Å²) < 4.78 is 0. The Balaban J connectivity index is 1.37. The molecule has 0 saturated heterocycles. The Hall–Kier alpha value is -1.92. The number of hydrogen-bond acceptors (Lipinski definition) is 4. The van der Waals surface area contributed by atoms with E-state index < -0.39 is 0 Å². The molecule has 4 rings (SSSR count). The second kappa shape index (κ2) is 8.62. The molecule has 0 aliphatic heterocycles. The molecule has 2 amide bonds. The third-order valence-corrected chi connectivity index (χ3v) is 6.95. The van der Waals surface area contributed by atoms with E-state index in [1.165, 1.54) is 43.4 Å². The molecule has 0 bridgehead atoms. The quantitative estimate of drug-likeness (QED) is 0.735. The lowest BCUT2D eigenvalue weighted by molar-refractivity contribution is -0.122. The molecular formula is C21H24ClN3O2S. The van der Waals surface area contributed by atoms with Gasteiger partial charge in [-0.25, -0.2) is 4.98 Å². The van der Waals surface area contributed by atoms with Crippen molar-refractivity contribution in [1.29, 1.82) is 0 Å². The van der Waals surface area contributed by atoms with Crippen LogP contribution in [-0.4, -0.2) is 23.3 Å². The van der Waals surface area contributed by atoms with Crippen LogP contribution in [0.15, 0.2) is 24.3 Å². The van der Waals surface area contributed by atoms with Crippen molar-refractivity contribution in [3.63, 3.8) is 0 Å². The summed E-state index contributed by atoms with van der Waals surface area (Å²) >= 11 is 7.33. The monoisotopic (exact) mass is 417 g/mol. The van der Waals surface area contributed by atoms with E-state index in [4.69, 9.17) is 11.6 Å². The van der Waals surface area contributed by atoms with E-state index in [0.29, 0.717) is 21.6 Å². The fourth-order valence-electron chi connectivity index (χ4n) is 4.07. The number of aromatic nitrogens is 1. The van der Waals surface area contributed by atoms with E-state index in [0.717, 1.165) is 30.0 Å². The van der Waals surface area contributed by atoms with E-state index >= 15 is 0 Å². The number of anilines is 1. The van der Waals surface area contributed by atoms with E-state index in [2.05, 4.69) is 15.6 Å². The Morgan fingerprint density at radius 2 is 1.86 bits per heavy atom. The molecule has 0 radical (unpaired) electrons. The summed E-state index contributed by atoms with van der Waals surface area (Å²) in [6, 6.07) is 6.73. The van der Waals surface area contributed by atoms with Crippen LogP contribution in [0.25, 0.3) is 0 Å². The highest BCUT2D eigenvalue weighted by Crippen LogP contribution is 2.38. The van der Waals surface area contributed by atoms with Gasteiger partial charge in [0.15, 0.2) is 5.13 Å². The van der Waals surface area contributed by atoms with Crippen LogP contribution in [-0.2, 0) is 11.2 Å². The molecule has 1 aromatic carbocycles. The first-order chi connectivity index (χ1) is 13.6. The van der Waals surface area contributed by atoms with Crippen molar-refractivity contribution in [2.24, 2.45) is 5.92 Å². The summed E-state index contributed by atoms with van der Waals surface area (Å²) in [7, 11) is 0. The molecule has 1 atom stereocenters. The standard InChI is InChI=1S/C21H24ClN3O2S/c22-15-8-6-14(7-9-15)19(26)25-21-24-18-16(10-11-17(18)28-21)20(27)23-12-13-4-2-1-3-5-13/h6-9,13,16H,1-5,10-12H2,(H,23,27)(H,24,25,26). The van der Waals surface area contributed by atoms with Crippen LogP contribution in [0.2, 0.25) is 5.02 Å². The first kappa shape index (κ1) is 19.4. The Morgan fingerprint density at radius 3 is 2.61 bits per heavy atom. The zero-order valence-corrected chi connectivity index (χ0v) is 17.2. The normalized spacial score (nSPS) is 19.2. The molecule has 2 aliphatic rings. The first-order valence-electron chi connectivity index (χ1n) is 9.94. The van der Waals surface area contributed by atoms with Crippen LogP contribution >= 0.6 is 22.9 Å². The van der Waals surface area contributed by atoms with Gasteiger partial charge in [0.2, 0.25) is 5.91 Å². The van der Waals surface area contributed by atoms with E-state index in [-0.39, 0.29) is 17.7 Å². The van der Waals surface area contributed by atoms with E-state index in [9.17, 15) is 9.59 Å². The molecule has 148 valence electrons. The van der Waals surface area contributed by atoms with Crippen molar-refractivity contribution in [1.82, 2.24) is 10.3 Å². The molecule has 2 aliphatic carbocycles. The summed E-state index contributed by atoms with van der Waals surface area (Å²) in [6.45, 7) is 0.773. The highest BCUT2D eigenvalue weighted by molar-refractivity contribution is 7.16. The van der Waals surface area contributed by atoms with Crippen molar-refractivity contribution in [2.75, 3.05) is 11.9 Å². The van der Waals surface area contributed by atoms with Gasteiger partial charge in [0.25, 0.3) is 5.91 Å². The molecular weight excluding hydrogens is 394 g/mol. The van der Waals surface area contributed by atoms with Crippen LogP contribution in [0.3, 0.4) is 0 Å². The smallest absolute Gasteiger partial charge is 0.257 e. The van der Waals surface area contributed by atoms with Gasteiger partial charge < -0.3 is 5.32 Å². The Morgan fingerprint density at radius 1 is 1.11 bits per heavy atom.